The molecule has 2 atom stereocenters. The van der Waals surface area contributed by atoms with E-state index in [1.54, 1.807) is 25.4 Å². The summed E-state index contributed by atoms with van der Waals surface area (Å²) in [5, 5.41) is 4.62. The van der Waals surface area contributed by atoms with E-state index in [0.29, 0.717) is 28.5 Å². The van der Waals surface area contributed by atoms with Crippen molar-refractivity contribution in [2.24, 2.45) is 0 Å². The molecule has 4 heterocycles. The monoisotopic (exact) mass is 481 g/mol. The van der Waals surface area contributed by atoms with E-state index in [2.05, 4.69) is 20.1 Å². The first kappa shape index (κ1) is 18.4. The van der Waals surface area contributed by atoms with Gasteiger partial charge in [0, 0.05) is 34.8 Å². The number of aryl methyl sites for hydroxylation is 2. The number of hydrogen-bond donors (Lipinski definition) is 0. The van der Waals surface area contributed by atoms with Crippen molar-refractivity contribution in [3.8, 4) is 11.3 Å². The number of nitrogens with zero attached hydrogens (tertiary/aromatic N) is 6. The third kappa shape index (κ3) is 3.95. The van der Waals surface area contributed by atoms with Crippen LogP contribution in [0.1, 0.15) is 70.6 Å². The van der Waals surface area contributed by atoms with Gasteiger partial charge in [0.2, 0.25) is 0 Å². The predicted octanol–water partition coefficient (Wildman–Crippen LogP) is 5.66. The van der Waals surface area contributed by atoms with Gasteiger partial charge in [-0.15, -0.1) is 0 Å². The fraction of sp³-hybridized carbons (Fsp3) is 0.400. The van der Waals surface area contributed by atoms with Crippen LogP contribution >= 0.6 is 11.6 Å². The molecule has 1 aliphatic heterocycles. The second-order valence-corrected chi connectivity index (χ2v) is 9.27. The molecule has 1 saturated heterocycles. The average molecular weight is 482 g/mol. The molecule has 0 spiro atoms. The molecule has 2 fully saturated rings. The molecule has 0 amide bonds. The molecule has 7 nitrogen and oxygen atoms in total. The molecule has 1 aliphatic carbocycles. The summed E-state index contributed by atoms with van der Waals surface area (Å²) in [5.41, 5.74) is 2.86. The van der Waals surface area contributed by atoms with Crippen molar-refractivity contribution < 1.29 is 13.2 Å². The van der Waals surface area contributed by atoms with E-state index in [-0.39, 0.29) is 40.6 Å². The highest BCUT2D eigenvalue weighted by Gasteiger charge is 2.31. The zero-order valence-corrected chi connectivity index (χ0v) is 19.5. The second-order valence-electron chi connectivity index (χ2n) is 8.84. The van der Waals surface area contributed by atoms with Gasteiger partial charge >= 0.3 is 0 Å². The zero-order chi connectivity index (χ0) is 26.1. The van der Waals surface area contributed by atoms with Crippen LogP contribution < -0.4 is 0 Å². The van der Waals surface area contributed by atoms with E-state index in [0.717, 1.165) is 12.8 Å². The SMILES string of the molecule is [2H]C1([2H])C[C@H](c2nc(-c3ccc(Cl)cc3F)c3nc(C)c(C)nc3n2)C[C@@]([2H])(c2cnn(C3CC3)c2)O1. The number of fused-ring (bicyclic) bond motifs is 1. The molecule has 4 aromatic rings. The average Bonchev–Trinajstić information content (AvgIpc) is 3.54. The smallest absolute Gasteiger partial charge is 0.182 e. The van der Waals surface area contributed by atoms with Crippen LogP contribution in [0.2, 0.25) is 5.02 Å². The molecule has 2 aliphatic rings. The Kier molecular flexibility index (Phi) is 4.52. The lowest BCUT2D eigenvalue weighted by atomic mass is 9.92. The van der Waals surface area contributed by atoms with Crippen LogP contribution in [0, 0.1) is 19.7 Å². The molecule has 9 heteroatoms. The van der Waals surface area contributed by atoms with Gasteiger partial charge in [-0.2, -0.15) is 5.10 Å². The Morgan fingerprint density at radius 3 is 2.76 bits per heavy atom. The van der Waals surface area contributed by atoms with Crippen LogP contribution in [0.5, 0.6) is 0 Å². The first-order chi connectivity index (χ1) is 17.5. The van der Waals surface area contributed by atoms with Crippen LogP contribution in [0.25, 0.3) is 22.4 Å². The number of hydrogen-bond acceptors (Lipinski definition) is 6. The molecule has 0 bridgehead atoms. The fourth-order valence-electron chi connectivity index (χ4n) is 4.13. The van der Waals surface area contributed by atoms with Gasteiger partial charge in [-0.25, -0.2) is 24.3 Å². The highest BCUT2D eigenvalue weighted by molar-refractivity contribution is 6.30. The number of ether oxygens (including phenoxy) is 1. The van der Waals surface area contributed by atoms with E-state index in [9.17, 15) is 0 Å². The van der Waals surface area contributed by atoms with Crippen molar-refractivity contribution in [2.45, 2.75) is 57.6 Å². The molecule has 1 aromatic carbocycles. The summed E-state index contributed by atoms with van der Waals surface area (Å²) in [6.45, 7) is 1.50. The van der Waals surface area contributed by atoms with Crippen LogP contribution in [0.15, 0.2) is 30.6 Å². The van der Waals surface area contributed by atoms with Gasteiger partial charge < -0.3 is 4.74 Å². The fourth-order valence-corrected chi connectivity index (χ4v) is 4.29. The maximum atomic E-state index is 15.0. The zero-order valence-electron chi connectivity index (χ0n) is 21.7. The lowest BCUT2D eigenvalue weighted by Gasteiger charge is -2.28. The van der Waals surface area contributed by atoms with Gasteiger partial charge in [0.1, 0.15) is 22.9 Å². The maximum Gasteiger partial charge on any atom is 0.182 e. The van der Waals surface area contributed by atoms with E-state index in [1.807, 2.05) is 11.6 Å². The van der Waals surface area contributed by atoms with Crippen molar-refractivity contribution in [3.63, 3.8) is 0 Å². The predicted molar refractivity (Wildman–Crippen MR) is 126 cm³/mol. The van der Waals surface area contributed by atoms with Gasteiger partial charge in [0.05, 0.1) is 33.8 Å². The Labute approximate surface area is 205 Å². The standard InChI is InChI=1S/C25H24ClFN6O/c1-13-14(2)30-25-23(29-13)22(19-6-3-17(26)10-20(19)27)31-24(32-25)15-7-8-34-21(9-15)16-11-28-33(12-16)18-4-5-18/h3,6,10-12,15,18,21H,4-5,7-9H2,1-2H3/t15-,21-/m0/s1/i8D2,21D. The molecule has 34 heavy (non-hydrogen) atoms. The number of halogens is 2. The second kappa shape index (κ2) is 8.36. The molecule has 3 aromatic heterocycles. The highest BCUT2D eigenvalue weighted by Crippen LogP contribution is 2.40. The van der Waals surface area contributed by atoms with Crippen molar-refractivity contribution in [2.75, 3.05) is 6.56 Å². The van der Waals surface area contributed by atoms with Crippen LogP contribution in [-0.2, 0) is 4.74 Å². The molecule has 6 rings (SSSR count). The summed E-state index contributed by atoms with van der Waals surface area (Å²) < 4.78 is 48.5. The van der Waals surface area contributed by atoms with Gasteiger partial charge in [-0.05, 0) is 57.7 Å². The van der Waals surface area contributed by atoms with Crippen molar-refractivity contribution in [1.29, 1.82) is 0 Å². The third-order valence-electron chi connectivity index (χ3n) is 6.31. The molecular formula is C25H24ClFN6O. The molecular weight excluding hydrogens is 455 g/mol. The lowest BCUT2D eigenvalue weighted by molar-refractivity contribution is 0.00396. The molecule has 174 valence electrons. The van der Waals surface area contributed by atoms with Gasteiger partial charge in [-0.1, -0.05) is 11.6 Å². The van der Waals surface area contributed by atoms with E-state index >= 15 is 4.39 Å². The number of benzene rings is 1. The normalized spacial score (nSPS) is 25.6. The molecule has 1 saturated carbocycles. The minimum Gasteiger partial charge on any atom is -0.373 e. The summed E-state index contributed by atoms with van der Waals surface area (Å²) in [4.78, 5) is 18.5. The summed E-state index contributed by atoms with van der Waals surface area (Å²) in [5.74, 6) is -0.914. The molecule has 0 radical (unpaired) electrons. The topological polar surface area (TPSA) is 78.6 Å². The van der Waals surface area contributed by atoms with Gasteiger partial charge in [0.15, 0.2) is 5.65 Å². The van der Waals surface area contributed by atoms with Crippen LogP contribution in [-0.4, -0.2) is 36.3 Å². The Morgan fingerprint density at radius 2 is 1.97 bits per heavy atom. The maximum absolute atomic E-state index is 15.0. The minimum atomic E-state index is -2.12. The quantitative estimate of drug-likeness (QED) is 0.374. The summed E-state index contributed by atoms with van der Waals surface area (Å²) >= 11 is 5.98. The summed E-state index contributed by atoms with van der Waals surface area (Å²) in [6, 6.07) is 4.63. The van der Waals surface area contributed by atoms with Gasteiger partial charge in [0.25, 0.3) is 0 Å². The largest absolute Gasteiger partial charge is 0.373 e. The molecule has 0 N–H and O–H groups in total. The van der Waals surface area contributed by atoms with Crippen molar-refractivity contribution in [3.05, 3.63) is 64.2 Å². The Balaban J connectivity index is 1.48. The first-order valence-corrected chi connectivity index (χ1v) is 11.6. The van der Waals surface area contributed by atoms with E-state index < -0.39 is 24.4 Å². The van der Waals surface area contributed by atoms with Crippen LogP contribution in [0.3, 0.4) is 0 Å². The molecule has 0 unspecified atom stereocenters. The number of aromatic nitrogens is 6. The van der Waals surface area contributed by atoms with Crippen molar-refractivity contribution in [1.82, 2.24) is 29.7 Å². The third-order valence-corrected chi connectivity index (χ3v) is 6.55. The Morgan fingerprint density at radius 1 is 1.15 bits per heavy atom. The lowest BCUT2D eigenvalue weighted by Crippen LogP contribution is -2.20. The van der Waals surface area contributed by atoms with E-state index in [1.165, 1.54) is 12.1 Å². The summed E-state index contributed by atoms with van der Waals surface area (Å²) in [7, 11) is 0. The van der Waals surface area contributed by atoms with Crippen LogP contribution in [0.4, 0.5) is 4.39 Å². The Bertz CT molecular complexity index is 1540. The van der Waals surface area contributed by atoms with Crippen molar-refractivity contribution >= 4 is 22.8 Å². The first-order valence-electron chi connectivity index (χ1n) is 12.7. The highest BCUT2D eigenvalue weighted by atomic mass is 35.5. The summed E-state index contributed by atoms with van der Waals surface area (Å²) in [6.07, 6.45) is 3.72. The Hall–Kier alpha value is -2.97. The minimum absolute atomic E-state index is 0.0727. The number of rotatable bonds is 4. The van der Waals surface area contributed by atoms with E-state index in [4.69, 9.17) is 25.4 Å². The van der Waals surface area contributed by atoms with Gasteiger partial charge in [-0.3, -0.25) is 4.68 Å².